The second-order valence-electron chi connectivity index (χ2n) is 6.86. The zero-order valence-electron chi connectivity index (χ0n) is 16.5. The molecule has 0 fully saturated rings. The standard InChI is InChI=1S/C19H21N5O4S/c1-10(2)24-16(26)11-7-5-6-8-12(11)21-18(24)29-9-13(25)14-15(20)22(3)19(28)23(4)17(14)27/h5-8,10H,9,20H2,1-4H3. The normalized spacial score (nSPS) is 11.3. The molecule has 0 bridgehead atoms. The average Bonchev–Trinajstić information content (AvgIpc) is 2.69. The molecule has 3 rings (SSSR count). The largest absolute Gasteiger partial charge is 0.384 e. The average molecular weight is 415 g/mol. The molecule has 0 saturated heterocycles. The van der Waals surface area contributed by atoms with Gasteiger partial charge in [0, 0.05) is 20.1 Å². The van der Waals surface area contributed by atoms with Crippen molar-refractivity contribution in [2.24, 2.45) is 14.1 Å². The van der Waals surface area contributed by atoms with Gasteiger partial charge in [0.25, 0.3) is 11.1 Å². The molecular formula is C19H21N5O4S. The van der Waals surface area contributed by atoms with Gasteiger partial charge in [0.05, 0.1) is 16.7 Å². The van der Waals surface area contributed by atoms with Gasteiger partial charge in [-0.05, 0) is 26.0 Å². The van der Waals surface area contributed by atoms with E-state index in [4.69, 9.17) is 5.73 Å². The number of nitrogens with two attached hydrogens (primary N) is 1. The molecule has 10 heteroatoms. The highest BCUT2D eigenvalue weighted by Crippen LogP contribution is 2.22. The minimum atomic E-state index is -0.746. The first-order valence-corrected chi connectivity index (χ1v) is 9.86. The van der Waals surface area contributed by atoms with Gasteiger partial charge in [-0.1, -0.05) is 23.9 Å². The van der Waals surface area contributed by atoms with Crippen LogP contribution in [0.25, 0.3) is 10.9 Å². The molecule has 0 aliphatic rings. The molecule has 0 spiro atoms. The number of hydrogen-bond donors (Lipinski definition) is 1. The third-order valence-electron chi connectivity index (χ3n) is 4.61. The second kappa shape index (κ2) is 7.70. The Labute approximate surface area is 169 Å². The van der Waals surface area contributed by atoms with Crippen molar-refractivity contribution in [3.8, 4) is 0 Å². The zero-order valence-corrected chi connectivity index (χ0v) is 17.3. The molecule has 0 aliphatic heterocycles. The van der Waals surface area contributed by atoms with Crippen molar-refractivity contribution in [1.29, 1.82) is 0 Å². The van der Waals surface area contributed by atoms with E-state index in [9.17, 15) is 19.2 Å². The molecule has 0 amide bonds. The first kappa shape index (κ1) is 20.6. The van der Waals surface area contributed by atoms with Gasteiger partial charge in [-0.15, -0.1) is 0 Å². The Morgan fingerprint density at radius 2 is 1.76 bits per heavy atom. The number of thioether (sulfide) groups is 1. The molecule has 152 valence electrons. The summed E-state index contributed by atoms with van der Waals surface area (Å²) in [5.74, 6) is -0.882. The van der Waals surface area contributed by atoms with Crippen LogP contribution in [0.3, 0.4) is 0 Å². The van der Waals surface area contributed by atoms with Crippen molar-refractivity contribution < 1.29 is 4.79 Å². The van der Waals surface area contributed by atoms with Crippen molar-refractivity contribution in [2.45, 2.75) is 25.0 Å². The highest BCUT2D eigenvalue weighted by atomic mass is 32.2. The molecule has 0 atom stereocenters. The maximum atomic E-state index is 12.9. The van der Waals surface area contributed by atoms with E-state index in [1.807, 2.05) is 13.8 Å². The molecule has 1 aromatic carbocycles. The Morgan fingerprint density at radius 1 is 1.10 bits per heavy atom. The first-order chi connectivity index (χ1) is 13.6. The van der Waals surface area contributed by atoms with E-state index in [0.717, 1.165) is 20.9 Å². The van der Waals surface area contributed by atoms with Gasteiger partial charge >= 0.3 is 5.69 Å². The fourth-order valence-electron chi connectivity index (χ4n) is 3.01. The van der Waals surface area contributed by atoms with E-state index in [0.29, 0.717) is 16.1 Å². The summed E-state index contributed by atoms with van der Waals surface area (Å²) >= 11 is 1.05. The number of carbonyl (C=O) groups is 1. The SMILES string of the molecule is CC(C)n1c(SCC(=O)c2c(N)n(C)c(=O)n(C)c2=O)nc2ccccc2c1=O. The number of para-hydroxylation sites is 1. The second-order valence-corrected chi connectivity index (χ2v) is 7.80. The number of rotatable bonds is 5. The fraction of sp³-hybridized carbons (Fsp3) is 0.316. The molecule has 3 aromatic rings. The molecule has 29 heavy (non-hydrogen) atoms. The highest BCUT2D eigenvalue weighted by molar-refractivity contribution is 7.99. The summed E-state index contributed by atoms with van der Waals surface area (Å²) in [5, 5.41) is 0.866. The van der Waals surface area contributed by atoms with Crippen molar-refractivity contribution in [3.05, 3.63) is 61.0 Å². The minimum absolute atomic E-state index is 0.158. The number of benzene rings is 1. The number of carbonyl (C=O) groups excluding carboxylic acids is 1. The minimum Gasteiger partial charge on any atom is -0.384 e. The van der Waals surface area contributed by atoms with Crippen LogP contribution in [0, 0.1) is 0 Å². The molecule has 2 heterocycles. The number of hydrogen-bond acceptors (Lipinski definition) is 7. The predicted molar refractivity (Wildman–Crippen MR) is 113 cm³/mol. The molecule has 2 N–H and O–H groups in total. The molecule has 0 aliphatic carbocycles. The van der Waals surface area contributed by atoms with Gasteiger partial charge in [0.15, 0.2) is 10.9 Å². The van der Waals surface area contributed by atoms with Gasteiger partial charge in [-0.25, -0.2) is 9.78 Å². The Morgan fingerprint density at radius 3 is 2.41 bits per heavy atom. The number of aromatic nitrogens is 4. The van der Waals surface area contributed by atoms with Crippen LogP contribution in [0.2, 0.25) is 0 Å². The van der Waals surface area contributed by atoms with Gasteiger partial charge in [0.1, 0.15) is 11.4 Å². The molecule has 0 saturated carbocycles. The van der Waals surface area contributed by atoms with Crippen molar-refractivity contribution in [3.63, 3.8) is 0 Å². The quantitative estimate of drug-likeness (QED) is 0.374. The summed E-state index contributed by atoms with van der Waals surface area (Å²) in [4.78, 5) is 54.5. The lowest BCUT2D eigenvalue weighted by molar-refractivity contribution is 0.102. The van der Waals surface area contributed by atoms with Crippen LogP contribution in [-0.2, 0) is 14.1 Å². The van der Waals surface area contributed by atoms with Crippen LogP contribution < -0.4 is 22.5 Å². The fourth-order valence-corrected chi connectivity index (χ4v) is 4.01. The van der Waals surface area contributed by atoms with Gasteiger partial charge in [-0.2, -0.15) is 0 Å². The summed E-state index contributed by atoms with van der Waals surface area (Å²) in [7, 11) is 2.68. The smallest absolute Gasteiger partial charge is 0.332 e. The van der Waals surface area contributed by atoms with E-state index < -0.39 is 17.0 Å². The lowest BCUT2D eigenvalue weighted by atomic mass is 10.2. The molecule has 2 aromatic heterocycles. The summed E-state index contributed by atoms with van der Waals surface area (Å²) in [6, 6.07) is 6.81. The Bertz CT molecular complexity index is 1300. The van der Waals surface area contributed by atoms with Crippen LogP contribution >= 0.6 is 11.8 Å². The van der Waals surface area contributed by atoms with Crippen LogP contribution in [0.4, 0.5) is 5.82 Å². The Balaban J connectivity index is 2.03. The number of Topliss-reactive ketones (excluding diaryl/α,β-unsaturated/α-hetero) is 1. The van der Waals surface area contributed by atoms with Gasteiger partial charge < -0.3 is 5.73 Å². The van der Waals surface area contributed by atoms with E-state index in [2.05, 4.69) is 4.98 Å². The van der Waals surface area contributed by atoms with Crippen LogP contribution in [0.1, 0.15) is 30.2 Å². The van der Waals surface area contributed by atoms with Crippen molar-refractivity contribution in [2.75, 3.05) is 11.5 Å². The number of nitrogens with zero attached hydrogens (tertiary/aromatic N) is 4. The molecule has 9 nitrogen and oxygen atoms in total. The zero-order chi connectivity index (χ0) is 21.5. The highest BCUT2D eigenvalue weighted by Gasteiger charge is 2.22. The van der Waals surface area contributed by atoms with Crippen LogP contribution in [0.15, 0.2) is 43.8 Å². The number of ketones is 1. The number of fused-ring (bicyclic) bond motifs is 1. The number of anilines is 1. The van der Waals surface area contributed by atoms with E-state index in [1.54, 1.807) is 24.3 Å². The van der Waals surface area contributed by atoms with Gasteiger partial charge in [0.2, 0.25) is 0 Å². The summed E-state index contributed by atoms with van der Waals surface area (Å²) < 4.78 is 3.41. The van der Waals surface area contributed by atoms with Crippen LogP contribution in [0.5, 0.6) is 0 Å². The molecule has 0 unspecified atom stereocenters. The Hall–Kier alpha value is -3.14. The summed E-state index contributed by atoms with van der Waals surface area (Å²) in [6.45, 7) is 3.70. The summed E-state index contributed by atoms with van der Waals surface area (Å²) in [5.41, 5.74) is 4.58. The van der Waals surface area contributed by atoms with E-state index in [1.165, 1.54) is 18.7 Å². The third kappa shape index (κ3) is 3.51. The van der Waals surface area contributed by atoms with E-state index >= 15 is 0 Å². The third-order valence-corrected chi connectivity index (χ3v) is 5.57. The van der Waals surface area contributed by atoms with Crippen molar-refractivity contribution in [1.82, 2.24) is 18.7 Å². The molecule has 0 radical (unpaired) electrons. The molecular weight excluding hydrogens is 394 g/mol. The lowest BCUT2D eigenvalue weighted by Crippen LogP contribution is -2.41. The monoisotopic (exact) mass is 415 g/mol. The van der Waals surface area contributed by atoms with Crippen LogP contribution in [-0.4, -0.2) is 30.2 Å². The first-order valence-electron chi connectivity index (χ1n) is 8.88. The Kier molecular flexibility index (Phi) is 5.47. The van der Waals surface area contributed by atoms with E-state index in [-0.39, 0.29) is 28.7 Å². The predicted octanol–water partition coefficient (Wildman–Crippen LogP) is 0.932. The van der Waals surface area contributed by atoms with Crippen molar-refractivity contribution >= 4 is 34.3 Å². The summed E-state index contributed by atoms with van der Waals surface area (Å²) in [6.07, 6.45) is 0. The maximum Gasteiger partial charge on any atom is 0.332 e. The maximum absolute atomic E-state index is 12.9. The van der Waals surface area contributed by atoms with Gasteiger partial charge in [-0.3, -0.25) is 28.1 Å². The topological polar surface area (TPSA) is 122 Å². The number of nitrogen functional groups attached to an aromatic ring is 1. The lowest BCUT2D eigenvalue weighted by Gasteiger charge is -2.16.